The van der Waals surface area contributed by atoms with Crippen LogP contribution in [-0.4, -0.2) is 11.2 Å². The van der Waals surface area contributed by atoms with E-state index in [2.05, 4.69) is 17.0 Å². The number of hydrogen-bond donors (Lipinski definition) is 2. The summed E-state index contributed by atoms with van der Waals surface area (Å²) in [6.45, 7) is 0. The molecule has 0 aliphatic heterocycles. The van der Waals surface area contributed by atoms with E-state index in [0.29, 0.717) is 0 Å². The summed E-state index contributed by atoms with van der Waals surface area (Å²) < 4.78 is 0. The highest BCUT2D eigenvalue weighted by atomic mass is 35.5. The lowest BCUT2D eigenvalue weighted by molar-refractivity contribution is 0.130. The van der Waals surface area contributed by atoms with Crippen LogP contribution in [0.2, 0.25) is 0 Å². The van der Waals surface area contributed by atoms with Crippen molar-refractivity contribution in [2.45, 2.75) is 38.2 Å². The second-order valence-electron chi connectivity index (χ2n) is 2.29. The second-order valence-corrected chi connectivity index (χ2v) is 2.29. The van der Waals surface area contributed by atoms with Crippen LogP contribution in [0.3, 0.4) is 0 Å². The third-order valence-corrected chi connectivity index (χ3v) is 1.57. The van der Waals surface area contributed by atoms with Gasteiger partial charge in [0.2, 0.25) is 0 Å². The Morgan fingerprint density at radius 2 is 1.56 bits per heavy atom. The van der Waals surface area contributed by atoms with Crippen molar-refractivity contribution in [1.29, 1.82) is 0 Å². The Labute approximate surface area is 61.1 Å². The van der Waals surface area contributed by atoms with Crippen LogP contribution in [0.1, 0.15) is 32.1 Å². The average Bonchev–Trinajstić information content (AvgIpc) is 1.94. The van der Waals surface area contributed by atoms with E-state index in [9.17, 15) is 0 Å². The molecule has 0 aromatic heterocycles. The fourth-order valence-electron chi connectivity index (χ4n) is 1.08. The van der Waals surface area contributed by atoms with Crippen molar-refractivity contribution >= 4 is 11.8 Å². The minimum absolute atomic E-state index is 0.0359. The molecule has 1 saturated carbocycles. The van der Waals surface area contributed by atoms with Crippen LogP contribution in [0.4, 0.5) is 0 Å². The van der Waals surface area contributed by atoms with Gasteiger partial charge in [0.1, 0.15) is 0 Å². The second kappa shape index (κ2) is 6.33. The van der Waals surface area contributed by atoms with Crippen molar-refractivity contribution < 1.29 is 5.11 Å². The summed E-state index contributed by atoms with van der Waals surface area (Å²) >= 11 is 4.14. The summed E-state index contributed by atoms with van der Waals surface area (Å²) in [6.07, 6.45) is 5.92. The van der Waals surface area contributed by atoms with E-state index >= 15 is 0 Å². The molecule has 1 aliphatic rings. The van der Waals surface area contributed by atoms with E-state index in [4.69, 9.17) is 5.11 Å². The van der Waals surface area contributed by atoms with Gasteiger partial charge in [-0.25, -0.2) is 5.25 Å². The molecule has 0 radical (unpaired) electrons. The maximum Gasteiger partial charge on any atom is 0.0540 e. The summed E-state index contributed by atoms with van der Waals surface area (Å²) in [4.78, 5) is 0. The molecule has 1 fully saturated rings. The highest BCUT2D eigenvalue weighted by molar-refractivity contribution is 6.11. The molecule has 0 aromatic rings. The largest absolute Gasteiger partial charge is 0.393 e. The molecule has 0 amide bonds. The number of aliphatic hydroxyl groups excluding tert-OH is 1. The predicted molar refractivity (Wildman–Crippen MR) is 39.1 cm³/mol. The Morgan fingerprint density at radius 3 is 1.78 bits per heavy atom. The summed E-state index contributed by atoms with van der Waals surface area (Å²) in [5.41, 5.74) is 0. The zero-order chi connectivity index (χ0) is 7.11. The number of nitrogens with two attached hydrogens (primary N) is 1. The lowest BCUT2D eigenvalue weighted by Crippen LogP contribution is -2.09. The van der Waals surface area contributed by atoms with Gasteiger partial charge in [0.25, 0.3) is 0 Å². The van der Waals surface area contributed by atoms with E-state index in [1.807, 2.05) is 0 Å². The molecule has 1 rings (SSSR count). The average molecular weight is 152 g/mol. The monoisotopic (exact) mass is 151 g/mol. The van der Waals surface area contributed by atoms with Crippen molar-refractivity contribution in [1.82, 2.24) is 0 Å². The van der Waals surface area contributed by atoms with Gasteiger partial charge in [-0.1, -0.05) is 19.3 Å². The fourth-order valence-corrected chi connectivity index (χ4v) is 1.08. The van der Waals surface area contributed by atoms with Gasteiger partial charge in [0.15, 0.2) is 0 Å². The summed E-state index contributed by atoms with van der Waals surface area (Å²) in [7, 11) is 0. The molecule has 0 saturated heterocycles. The molecule has 9 heavy (non-hydrogen) atoms. The molecule has 2 nitrogen and oxygen atoms in total. The van der Waals surface area contributed by atoms with Crippen LogP contribution in [0.25, 0.3) is 0 Å². The van der Waals surface area contributed by atoms with Gasteiger partial charge < -0.3 is 5.11 Å². The van der Waals surface area contributed by atoms with Gasteiger partial charge in [-0.05, 0) is 24.6 Å². The minimum Gasteiger partial charge on any atom is -0.393 e. The predicted octanol–water partition coefficient (Wildman–Crippen LogP) is 1.41. The maximum absolute atomic E-state index is 8.91. The van der Waals surface area contributed by atoms with Gasteiger partial charge in [-0.3, -0.25) is 0 Å². The van der Waals surface area contributed by atoms with Crippen LogP contribution < -0.4 is 5.25 Å². The smallest absolute Gasteiger partial charge is 0.0540 e. The van der Waals surface area contributed by atoms with E-state index in [0.717, 1.165) is 12.8 Å². The Morgan fingerprint density at radius 1 is 1.11 bits per heavy atom. The van der Waals surface area contributed by atoms with Crippen molar-refractivity contribution in [2.24, 2.45) is 5.25 Å². The Hall–Kier alpha value is 0.210. The highest BCUT2D eigenvalue weighted by Crippen LogP contribution is 2.16. The molecule has 0 spiro atoms. The first-order valence-electron chi connectivity index (χ1n) is 3.29. The van der Waals surface area contributed by atoms with Crippen molar-refractivity contribution in [3.63, 3.8) is 0 Å². The fraction of sp³-hybridized carbons (Fsp3) is 1.00. The first-order chi connectivity index (χ1) is 4.39. The molecular formula is C6H14ClNO. The third-order valence-electron chi connectivity index (χ3n) is 1.57. The quantitative estimate of drug-likeness (QED) is 0.515. The molecule has 0 unspecified atom stereocenters. The lowest BCUT2D eigenvalue weighted by Gasteiger charge is -2.14. The Balaban J connectivity index is 0.000000291. The molecule has 0 aromatic carbocycles. The van der Waals surface area contributed by atoms with Crippen LogP contribution in [0, 0.1) is 0 Å². The number of aliphatic hydroxyl groups is 1. The van der Waals surface area contributed by atoms with Gasteiger partial charge in [-0.15, -0.1) is 0 Å². The zero-order valence-corrected chi connectivity index (χ0v) is 6.27. The SMILES string of the molecule is NCl.OC1CCCCC1. The minimum atomic E-state index is 0.0359. The molecule has 0 atom stereocenters. The van der Waals surface area contributed by atoms with E-state index in [-0.39, 0.29) is 6.10 Å². The number of rotatable bonds is 0. The number of halogens is 1. The van der Waals surface area contributed by atoms with Crippen LogP contribution in [0.15, 0.2) is 0 Å². The van der Waals surface area contributed by atoms with Crippen LogP contribution >= 0.6 is 11.8 Å². The molecular weight excluding hydrogens is 138 g/mol. The van der Waals surface area contributed by atoms with Gasteiger partial charge in [0, 0.05) is 0 Å². The van der Waals surface area contributed by atoms with Crippen LogP contribution in [-0.2, 0) is 0 Å². The topological polar surface area (TPSA) is 46.2 Å². The van der Waals surface area contributed by atoms with E-state index in [1.54, 1.807) is 0 Å². The molecule has 3 heteroatoms. The molecule has 3 N–H and O–H groups in total. The Kier molecular flexibility index (Phi) is 6.48. The molecule has 0 bridgehead atoms. The molecule has 1 aliphatic carbocycles. The van der Waals surface area contributed by atoms with E-state index < -0.39 is 0 Å². The first kappa shape index (κ1) is 9.21. The first-order valence-corrected chi connectivity index (χ1v) is 3.73. The van der Waals surface area contributed by atoms with Crippen molar-refractivity contribution in [3.05, 3.63) is 0 Å². The third kappa shape index (κ3) is 4.70. The number of hydrogen-bond acceptors (Lipinski definition) is 2. The summed E-state index contributed by atoms with van der Waals surface area (Å²) in [6, 6.07) is 0. The van der Waals surface area contributed by atoms with Gasteiger partial charge in [-0.2, -0.15) is 0 Å². The summed E-state index contributed by atoms with van der Waals surface area (Å²) in [5.74, 6) is 0. The molecule has 0 heterocycles. The van der Waals surface area contributed by atoms with Crippen molar-refractivity contribution in [2.75, 3.05) is 0 Å². The lowest BCUT2D eigenvalue weighted by atomic mass is 9.98. The maximum atomic E-state index is 8.91. The van der Waals surface area contributed by atoms with Crippen molar-refractivity contribution in [3.8, 4) is 0 Å². The molecule has 56 valence electrons. The standard InChI is InChI=1S/C6H12O.ClH2N/c7-6-4-2-1-3-5-6;1-2/h6-7H,1-5H2;2H2. The van der Waals surface area contributed by atoms with E-state index in [1.165, 1.54) is 19.3 Å². The zero-order valence-electron chi connectivity index (χ0n) is 5.52. The van der Waals surface area contributed by atoms with Gasteiger partial charge >= 0.3 is 0 Å². The Bertz CT molecular complexity index is 55.0. The van der Waals surface area contributed by atoms with Gasteiger partial charge in [0.05, 0.1) is 6.10 Å². The summed E-state index contributed by atoms with van der Waals surface area (Å²) in [5, 5.41) is 12.9. The highest BCUT2D eigenvalue weighted by Gasteiger charge is 2.07. The normalized spacial score (nSPS) is 20.3. The van der Waals surface area contributed by atoms with Crippen LogP contribution in [0.5, 0.6) is 0 Å².